The fourth-order valence-corrected chi connectivity index (χ4v) is 2.12. The summed E-state index contributed by atoms with van der Waals surface area (Å²) in [5, 5.41) is 11.7. The molecule has 1 atom stereocenters. The Bertz CT molecular complexity index is 391. The average Bonchev–Trinajstić information content (AvgIpc) is 2.76. The van der Waals surface area contributed by atoms with Crippen LogP contribution in [0.15, 0.2) is 12.4 Å². The standard InChI is InChI=1S/C11H18N4O2/c1-12-9(11(16)17)2-4-14-6-7-15-5-3-13-10(15)8-14/h3,5,9,12H,2,4,6-8H2,1H3,(H,16,17). The van der Waals surface area contributed by atoms with Crippen molar-refractivity contribution in [3.8, 4) is 0 Å². The first-order chi connectivity index (χ1) is 8.20. The maximum atomic E-state index is 10.9. The number of nitrogens with one attached hydrogen (secondary N) is 1. The van der Waals surface area contributed by atoms with E-state index < -0.39 is 12.0 Å². The topological polar surface area (TPSA) is 70.4 Å². The molecule has 17 heavy (non-hydrogen) atoms. The molecule has 0 spiro atoms. The van der Waals surface area contributed by atoms with E-state index in [2.05, 4.69) is 19.8 Å². The van der Waals surface area contributed by atoms with Crippen LogP contribution in [0.25, 0.3) is 0 Å². The van der Waals surface area contributed by atoms with E-state index in [9.17, 15) is 4.79 Å². The number of rotatable bonds is 5. The van der Waals surface area contributed by atoms with Crippen molar-refractivity contribution in [2.75, 3.05) is 20.1 Å². The molecule has 6 heteroatoms. The molecule has 0 fully saturated rings. The number of nitrogens with zero attached hydrogens (tertiary/aromatic N) is 3. The van der Waals surface area contributed by atoms with Crippen LogP contribution in [0.4, 0.5) is 0 Å². The first kappa shape index (κ1) is 12.1. The highest BCUT2D eigenvalue weighted by Crippen LogP contribution is 2.10. The van der Waals surface area contributed by atoms with Gasteiger partial charge in [-0.1, -0.05) is 0 Å². The molecule has 6 nitrogen and oxygen atoms in total. The fraction of sp³-hybridized carbons (Fsp3) is 0.636. The van der Waals surface area contributed by atoms with Crippen LogP contribution in [0.5, 0.6) is 0 Å². The third kappa shape index (κ3) is 2.83. The van der Waals surface area contributed by atoms with Crippen molar-refractivity contribution in [1.29, 1.82) is 0 Å². The third-order valence-electron chi connectivity index (χ3n) is 3.20. The van der Waals surface area contributed by atoms with Crippen molar-refractivity contribution in [3.05, 3.63) is 18.2 Å². The lowest BCUT2D eigenvalue weighted by Gasteiger charge is -2.28. The molecule has 2 heterocycles. The molecule has 1 aliphatic rings. The molecule has 0 bridgehead atoms. The van der Waals surface area contributed by atoms with Crippen molar-refractivity contribution in [2.24, 2.45) is 0 Å². The number of hydrogen-bond acceptors (Lipinski definition) is 4. The smallest absolute Gasteiger partial charge is 0.320 e. The monoisotopic (exact) mass is 238 g/mol. The molecule has 2 rings (SSSR count). The summed E-state index contributed by atoms with van der Waals surface area (Å²) in [5.74, 6) is 0.276. The first-order valence-corrected chi connectivity index (χ1v) is 5.83. The van der Waals surface area contributed by atoms with Gasteiger partial charge in [-0.15, -0.1) is 0 Å². The Balaban J connectivity index is 1.84. The van der Waals surface area contributed by atoms with Gasteiger partial charge in [0.25, 0.3) is 0 Å². The lowest BCUT2D eigenvalue weighted by atomic mass is 10.2. The lowest BCUT2D eigenvalue weighted by Crippen LogP contribution is -2.40. The second-order valence-corrected chi connectivity index (χ2v) is 4.28. The Labute approximate surface area is 100 Å². The molecule has 0 aromatic carbocycles. The number of aliphatic carboxylic acids is 1. The number of imidazole rings is 1. The van der Waals surface area contributed by atoms with Gasteiger partial charge >= 0.3 is 5.97 Å². The van der Waals surface area contributed by atoms with E-state index in [0.29, 0.717) is 6.42 Å². The number of likely N-dealkylation sites (N-methyl/N-ethyl adjacent to an activating group) is 1. The molecule has 0 amide bonds. The van der Waals surface area contributed by atoms with Crippen LogP contribution in [-0.4, -0.2) is 51.7 Å². The van der Waals surface area contributed by atoms with Crippen LogP contribution in [0.1, 0.15) is 12.2 Å². The summed E-state index contributed by atoms with van der Waals surface area (Å²) in [6.45, 7) is 3.49. The zero-order valence-corrected chi connectivity index (χ0v) is 9.96. The van der Waals surface area contributed by atoms with E-state index >= 15 is 0 Å². The minimum atomic E-state index is -0.786. The van der Waals surface area contributed by atoms with Gasteiger partial charge in [0.1, 0.15) is 11.9 Å². The number of carbonyl (C=O) groups is 1. The zero-order valence-electron chi connectivity index (χ0n) is 9.96. The van der Waals surface area contributed by atoms with Crippen LogP contribution in [0.3, 0.4) is 0 Å². The summed E-state index contributed by atoms with van der Waals surface area (Å²) < 4.78 is 2.14. The molecule has 0 saturated heterocycles. The second-order valence-electron chi connectivity index (χ2n) is 4.28. The molecule has 1 aromatic heterocycles. The van der Waals surface area contributed by atoms with Gasteiger partial charge in [-0.25, -0.2) is 4.98 Å². The molecule has 1 unspecified atom stereocenters. The summed E-state index contributed by atoms with van der Waals surface area (Å²) in [4.78, 5) is 17.4. The number of carboxylic acids is 1. The largest absolute Gasteiger partial charge is 0.480 e. The third-order valence-corrected chi connectivity index (χ3v) is 3.20. The summed E-state index contributed by atoms with van der Waals surface area (Å²) in [6.07, 6.45) is 4.42. The summed E-state index contributed by atoms with van der Waals surface area (Å²) in [5.41, 5.74) is 0. The number of aromatic nitrogens is 2. The Morgan fingerprint density at radius 3 is 3.18 bits per heavy atom. The van der Waals surface area contributed by atoms with Crippen LogP contribution in [0.2, 0.25) is 0 Å². The van der Waals surface area contributed by atoms with E-state index in [-0.39, 0.29) is 0 Å². The van der Waals surface area contributed by atoms with E-state index in [4.69, 9.17) is 5.11 Å². The average molecular weight is 238 g/mol. The quantitative estimate of drug-likeness (QED) is 0.741. The van der Waals surface area contributed by atoms with Gasteiger partial charge in [-0.3, -0.25) is 9.69 Å². The number of fused-ring (bicyclic) bond motifs is 1. The highest BCUT2D eigenvalue weighted by Gasteiger charge is 2.20. The van der Waals surface area contributed by atoms with Crippen LogP contribution >= 0.6 is 0 Å². The van der Waals surface area contributed by atoms with Crippen LogP contribution < -0.4 is 5.32 Å². The van der Waals surface area contributed by atoms with Crippen molar-refractivity contribution in [2.45, 2.75) is 25.6 Å². The maximum absolute atomic E-state index is 10.9. The first-order valence-electron chi connectivity index (χ1n) is 5.83. The highest BCUT2D eigenvalue weighted by molar-refractivity contribution is 5.73. The molecule has 0 saturated carbocycles. The van der Waals surface area contributed by atoms with Gasteiger partial charge in [0.15, 0.2) is 0 Å². The molecule has 2 N–H and O–H groups in total. The molecule has 0 radical (unpaired) electrons. The minimum absolute atomic E-state index is 0.461. The number of carboxylic acid groups (broad SMARTS) is 1. The fourth-order valence-electron chi connectivity index (χ4n) is 2.12. The lowest BCUT2D eigenvalue weighted by molar-refractivity contribution is -0.139. The van der Waals surface area contributed by atoms with Crippen molar-refractivity contribution < 1.29 is 9.90 Å². The van der Waals surface area contributed by atoms with Gasteiger partial charge in [0.05, 0.1) is 6.54 Å². The zero-order chi connectivity index (χ0) is 12.3. The predicted octanol–water partition coefficient (Wildman–Crippen LogP) is -0.239. The van der Waals surface area contributed by atoms with E-state index in [1.165, 1.54) is 0 Å². The van der Waals surface area contributed by atoms with Gasteiger partial charge in [-0.05, 0) is 13.5 Å². The maximum Gasteiger partial charge on any atom is 0.320 e. The second kappa shape index (κ2) is 5.29. The number of hydrogen-bond donors (Lipinski definition) is 2. The summed E-state index contributed by atoms with van der Waals surface area (Å²) >= 11 is 0. The van der Waals surface area contributed by atoms with Crippen molar-refractivity contribution >= 4 is 5.97 Å². The Hall–Kier alpha value is -1.40. The van der Waals surface area contributed by atoms with E-state index in [1.54, 1.807) is 7.05 Å². The molecule has 94 valence electrons. The molecular formula is C11H18N4O2. The molecular weight excluding hydrogens is 220 g/mol. The molecule has 1 aliphatic heterocycles. The normalized spacial score (nSPS) is 17.7. The Morgan fingerprint density at radius 2 is 2.47 bits per heavy atom. The summed E-state index contributed by atoms with van der Waals surface area (Å²) in [6, 6.07) is -0.461. The van der Waals surface area contributed by atoms with Crippen molar-refractivity contribution in [1.82, 2.24) is 19.8 Å². The molecule has 0 aliphatic carbocycles. The van der Waals surface area contributed by atoms with Gasteiger partial charge < -0.3 is 15.0 Å². The van der Waals surface area contributed by atoms with E-state index in [1.807, 2.05) is 12.4 Å². The Kier molecular flexibility index (Phi) is 3.75. The minimum Gasteiger partial charge on any atom is -0.480 e. The van der Waals surface area contributed by atoms with Crippen molar-refractivity contribution in [3.63, 3.8) is 0 Å². The van der Waals surface area contributed by atoms with Gasteiger partial charge in [0.2, 0.25) is 0 Å². The summed E-state index contributed by atoms with van der Waals surface area (Å²) in [7, 11) is 1.68. The highest BCUT2D eigenvalue weighted by atomic mass is 16.4. The van der Waals surface area contributed by atoms with E-state index in [0.717, 1.165) is 32.0 Å². The van der Waals surface area contributed by atoms with Gasteiger partial charge in [-0.2, -0.15) is 0 Å². The Morgan fingerprint density at radius 1 is 1.65 bits per heavy atom. The van der Waals surface area contributed by atoms with Crippen LogP contribution in [-0.2, 0) is 17.9 Å². The van der Waals surface area contributed by atoms with Crippen LogP contribution in [0, 0.1) is 0 Å². The SMILES string of the molecule is CNC(CCN1CCn2ccnc2C1)C(=O)O. The predicted molar refractivity (Wildman–Crippen MR) is 62.6 cm³/mol. The van der Waals surface area contributed by atoms with Gasteiger partial charge in [0, 0.05) is 32.0 Å². The molecule has 1 aromatic rings.